The zero-order valence-corrected chi connectivity index (χ0v) is 14.3. The molecule has 0 aliphatic carbocycles. The lowest BCUT2D eigenvalue weighted by Crippen LogP contribution is -2.46. The predicted molar refractivity (Wildman–Crippen MR) is 86.4 cm³/mol. The van der Waals surface area contributed by atoms with Crippen molar-refractivity contribution in [2.75, 3.05) is 13.1 Å². The molecule has 2 atom stereocenters. The van der Waals surface area contributed by atoms with E-state index >= 15 is 0 Å². The molecule has 1 saturated heterocycles. The average Bonchev–Trinajstić information content (AvgIpc) is 2.95. The number of carbonyl (C=O) groups is 2. The lowest BCUT2D eigenvalue weighted by atomic mass is 10.2. The Morgan fingerprint density at radius 2 is 2.09 bits per heavy atom. The number of nitrogens with two attached hydrogens (primary N) is 1. The Kier molecular flexibility index (Phi) is 4.99. The second-order valence-electron chi connectivity index (χ2n) is 6.23. The molecule has 3 N–H and O–H groups in total. The van der Waals surface area contributed by atoms with Gasteiger partial charge < -0.3 is 20.7 Å². The van der Waals surface area contributed by atoms with Crippen LogP contribution in [0.5, 0.6) is 0 Å². The van der Waals surface area contributed by atoms with Crippen LogP contribution in [0.4, 0.5) is 4.79 Å². The van der Waals surface area contributed by atoms with Gasteiger partial charge in [0.25, 0.3) is 5.91 Å². The summed E-state index contributed by atoms with van der Waals surface area (Å²) in [4.78, 5) is 26.2. The molecule has 1 aliphatic rings. The van der Waals surface area contributed by atoms with E-state index in [1.165, 1.54) is 16.2 Å². The van der Waals surface area contributed by atoms with Crippen molar-refractivity contribution in [3.8, 4) is 0 Å². The van der Waals surface area contributed by atoms with E-state index in [0.29, 0.717) is 22.3 Å². The number of rotatable bonds is 2. The minimum atomic E-state index is -0.559. The van der Waals surface area contributed by atoms with Gasteiger partial charge in [-0.1, -0.05) is 11.6 Å². The fourth-order valence-electron chi connectivity index (χ4n) is 2.13. The summed E-state index contributed by atoms with van der Waals surface area (Å²) >= 11 is 7.02. The average molecular weight is 346 g/mol. The van der Waals surface area contributed by atoms with Gasteiger partial charge in [-0.3, -0.25) is 4.79 Å². The van der Waals surface area contributed by atoms with Gasteiger partial charge in [-0.25, -0.2) is 4.79 Å². The van der Waals surface area contributed by atoms with Gasteiger partial charge in [0.15, 0.2) is 0 Å². The van der Waals surface area contributed by atoms with Crippen LogP contribution in [0.1, 0.15) is 30.4 Å². The summed E-state index contributed by atoms with van der Waals surface area (Å²) in [7, 11) is 0. The number of hydrogen-bond acceptors (Lipinski definition) is 5. The van der Waals surface area contributed by atoms with E-state index in [0.717, 1.165) is 0 Å². The molecule has 0 bridgehead atoms. The van der Waals surface area contributed by atoms with E-state index < -0.39 is 11.7 Å². The van der Waals surface area contributed by atoms with Gasteiger partial charge in [-0.2, -0.15) is 0 Å². The van der Waals surface area contributed by atoms with Gasteiger partial charge >= 0.3 is 6.09 Å². The Hall–Kier alpha value is -1.31. The largest absolute Gasteiger partial charge is 0.444 e. The molecule has 0 aromatic carbocycles. The van der Waals surface area contributed by atoms with Crippen molar-refractivity contribution < 1.29 is 14.3 Å². The highest BCUT2D eigenvalue weighted by Crippen LogP contribution is 2.22. The first-order valence-corrected chi connectivity index (χ1v) is 8.15. The molecule has 22 heavy (non-hydrogen) atoms. The number of ether oxygens (including phenoxy) is 1. The van der Waals surface area contributed by atoms with Crippen LogP contribution in [-0.2, 0) is 4.74 Å². The molecule has 0 spiro atoms. The molecule has 1 fully saturated rings. The Balaban J connectivity index is 1.94. The Labute approximate surface area is 138 Å². The van der Waals surface area contributed by atoms with E-state index in [2.05, 4.69) is 5.32 Å². The van der Waals surface area contributed by atoms with E-state index in [1.807, 2.05) is 0 Å². The number of thiophene rings is 1. The third kappa shape index (κ3) is 4.34. The summed E-state index contributed by atoms with van der Waals surface area (Å²) < 4.78 is 5.87. The first-order valence-electron chi connectivity index (χ1n) is 6.95. The van der Waals surface area contributed by atoms with Gasteiger partial charge in [0.05, 0.1) is 15.3 Å². The first kappa shape index (κ1) is 17.1. The molecule has 8 heteroatoms. The summed E-state index contributed by atoms with van der Waals surface area (Å²) in [5, 5.41) is 2.84. The first-order chi connectivity index (χ1) is 10.2. The van der Waals surface area contributed by atoms with Crippen LogP contribution in [0.25, 0.3) is 0 Å². The van der Waals surface area contributed by atoms with Crippen molar-refractivity contribution >= 4 is 34.9 Å². The van der Waals surface area contributed by atoms with Crippen molar-refractivity contribution in [3.63, 3.8) is 0 Å². The highest BCUT2D eigenvalue weighted by atomic mass is 35.5. The molecule has 0 radical (unpaired) electrons. The molecule has 2 heterocycles. The smallest absolute Gasteiger partial charge is 0.410 e. The zero-order chi connectivity index (χ0) is 16.5. The number of halogens is 1. The molecule has 0 saturated carbocycles. The minimum absolute atomic E-state index is 0.233. The van der Waals surface area contributed by atoms with Crippen LogP contribution < -0.4 is 11.1 Å². The van der Waals surface area contributed by atoms with Crippen molar-refractivity contribution in [1.82, 2.24) is 10.2 Å². The molecule has 1 aromatic rings. The molecule has 6 nitrogen and oxygen atoms in total. The van der Waals surface area contributed by atoms with Gasteiger partial charge in [0.1, 0.15) is 5.60 Å². The molecule has 2 amide bonds. The van der Waals surface area contributed by atoms with Crippen LogP contribution in [0.15, 0.2) is 12.1 Å². The number of carbonyl (C=O) groups excluding carboxylic acids is 2. The SMILES string of the molecule is CC(C)(C)OC(=O)N1CC(NC(=O)c2ccc(Cl)s2)[C@@H](N)C1. The predicted octanol–water partition coefficient (Wildman–Crippen LogP) is 2.08. The van der Waals surface area contributed by atoms with Crippen molar-refractivity contribution in [3.05, 3.63) is 21.3 Å². The van der Waals surface area contributed by atoms with Crippen LogP contribution in [0, 0.1) is 0 Å². The summed E-state index contributed by atoms with van der Waals surface area (Å²) in [6.45, 7) is 6.11. The summed E-state index contributed by atoms with van der Waals surface area (Å²) in [6, 6.07) is 2.70. The maximum atomic E-state index is 12.1. The molecule has 1 aromatic heterocycles. The third-order valence-corrected chi connectivity index (χ3v) is 4.36. The minimum Gasteiger partial charge on any atom is -0.444 e. The monoisotopic (exact) mass is 345 g/mol. The van der Waals surface area contributed by atoms with Gasteiger partial charge in [-0.05, 0) is 32.9 Å². The maximum Gasteiger partial charge on any atom is 0.410 e. The maximum absolute atomic E-state index is 12.1. The Morgan fingerprint density at radius 3 is 2.64 bits per heavy atom. The quantitative estimate of drug-likeness (QED) is 0.859. The van der Waals surface area contributed by atoms with Crippen molar-refractivity contribution in [2.45, 2.75) is 38.5 Å². The lowest BCUT2D eigenvalue weighted by molar-refractivity contribution is 0.0288. The lowest BCUT2D eigenvalue weighted by Gasteiger charge is -2.24. The fraction of sp³-hybridized carbons (Fsp3) is 0.571. The summed E-state index contributed by atoms with van der Waals surface area (Å²) in [6.07, 6.45) is -0.418. The summed E-state index contributed by atoms with van der Waals surface area (Å²) in [5.41, 5.74) is 5.46. The molecule has 122 valence electrons. The second-order valence-corrected chi connectivity index (χ2v) is 7.95. The second kappa shape index (κ2) is 6.44. The highest BCUT2D eigenvalue weighted by molar-refractivity contribution is 7.17. The molecule has 1 unspecified atom stereocenters. The standard InChI is InChI=1S/C14H20ClN3O3S/c1-14(2,3)21-13(20)18-6-8(16)9(7-18)17-12(19)10-4-5-11(15)22-10/h4-5,8-9H,6-7,16H2,1-3H3,(H,17,19)/t8-,9?/m0/s1. The number of amides is 2. The van der Waals surface area contributed by atoms with Gasteiger partial charge in [-0.15, -0.1) is 11.3 Å². The Morgan fingerprint density at radius 1 is 1.41 bits per heavy atom. The van der Waals surface area contributed by atoms with E-state index in [-0.39, 0.29) is 18.0 Å². The molecular formula is C14H20ClN3O3S. The van der Waals surface area contributed by atoms with Crippen LogP contribution in [0.2, 0.25) is 4.34 Å². The molecule has 2 rings (SSSR count). The molecule has 1 aliphatic heterocycles. The zero-order valence-electron chi connectivity index (χ0n) is 12.8. The topological polar surface area (TPSA) is 84.7 Å². The Bertz CT molecular complexity index is 570. The van der Waals surface area contributed by atoms with Crippen molar-refractivity contribution in [2.24, 2.45) is 5.73 Å². The van der Waals surface area contributed by atoms with Gasteiger partial charge in [0.2, 0.25) is 0 Å². The van der Waals surface area contributed by atoms with Crippen LogP contribution >= 0.6 is 22.9 Å². The summed E-state index contributed by atoms with van der Waals surface area (Å²) in [5.74, 6) is -0.233. The van der Waals surface area contributed by atoms with Crippen molar-refractivity contribution in [1.29, 1.82) is 0 Å². The fourth-order valence-corrected chi connectivity index (χ4v) is 3.08. The van der Waals surface area contributed by atoms with E-state index in [4.69, 9.17) is 22.1 Å². The van der Waals surface area contributed by atoms with Gasteiger partial charge in [0, 0.05) is 19.1 Å². The van der Waals surface area contributed by atoms with E-state index in [1.54, 1.807) is 32.9 Å². The number of likely N-dealkylation sites (tertiary alicyclic amines) is 1. The van der Waals surface area contributed by atoms with E-state index in [9.17, 15) is 9.59 Å². The number of nitrogens with one attached hydrogen (secondary N) is 1. The highest BCUT2D eigenvalue weighted by Gasteiger charge is 2.36. The third-order valence-electron chi connectivity index (χ3n) is 3.13. The number of nitrogens with zero attached hydrogens (tertiary/aromatic N) is 1. The number of hydrogen-bond donors (Lipinski definition) is 2. The van der Waals surface area contributed by atoms with Crippen LogP contribution in [0.3, 0.4) is 0 Å². The van der Waals surface area contributed by atoms with Crippen LogP contribution in [-0.4, -0.2) is 47.7 Å². The molecular weight excluding hydrogens is 326 g/mol. The normalized spacial score (nSPS) is 21.8.